The van der Waals surface area contributed by atoms with Gasteiger partial charge in [0.15, 0.2) is 17.5 Å². The molecule has 3 rings (SSSR count). The summed E-state index contributed by atoms with van der Waals surface area (Å²) in [6, 6.07) is 5.58. The molecule has 3 aromatic rings. The average Bonchev–Trinajstić information content (AvgIpc) is 2.47. The first-order valence-corrected chi connectivity index (χ1v) is 6.29. The van der Waals surface area contributed by atoms with Gasteiger partial charge in [0.25, 0.3) is 5.56 Å². The number of pyridine rings is 1. The molecule has 3 nitrogen and oxygen atoms in total. The summed E-state index contributed by atoms with van der Waals surface area (Å²) in [5.41, 5.74) is -0.460. The molecule has 0 unspecified atom stereocenters. The Hall–Kier alpha value is -2.28. The van der Waals surface area contributed by atoms with Gasteiger partial charge in [-0.1, -0.05) is 6.07 Å². The molecule has 0 saturated carbocycles. The van der Waals surface area contributed by atoms with Gasteiger partial charge in [-0.25, -0.2) is 13.2 Å². The third-order valence-corrected chi connectivity index (χ3v) is 3.73. The van der Waals surface area contributed by atoms with Gasteiger partial charge in [0.05, 0.1) is 15.8 Å². The maximum Gasteiger partial charge on any atom is 0.280 e. The van der Waals surface area contributed by atoms with Crippen LogP contribution >= 0.6 is 11.3 Å². The van der Waals surface area contributed by atoms with Crippen molar-refractivity contribution in [3.63, 3.8) is 0 Å². The minimum Gasteiger partial charge on any atom is -0.267 e. The highest BCUT2D eigenvalue weighted by atomic mass is 32.1. The smallest absolute Gasteiger partial charge is 0.267 e. The molecule has 0 aliphatic heterocycles. The lowest BCUT2D eigenvalue weighted by Gasteiger charge is -2.03. The number of aromatic nitrogens is 2. The molecule has 0 spiro atoms. The standard InChI is InChI=1S/C13H5F3N2OS/c14-7-5-6-11(10(16)9(7)15)20-13(18-12(6)19)8-3-1-2-4-17-8/h1-5H. The van der Waals surface area contributed by atoms with Gasteiger partial charge in [-0.3, -0.25) is 9.78 Å². The average molecular weight is 294 g/mol. The lowest BCUT2D eigenvalue weighted by Crippen LogP contribution is -2.08. The fourth-order valence-electron chi connectivity index (χ4n) is 1.71. The van der Waals surface area contributed by atoms with Gasteiger partial charge in [0.1, 0.15) is 5.01 Å². The highest BCUT2D eigenvalue weighted by Crippen LogP contribution is 2.28. The van der Waals surface area contributed by atoms with E-state index in [1.54, 1.807) is 18.2 Å². The van der Waals surface area contributed by atoms with Crippen molar-refractivity contribution in [1.82, 2.24) is 9.97 Å². The second-order valence-electron chi connectivity index (χ2n) is 3.90. The Labute approximate surface area is 114 Å². The van der Waals surface area contributed by atoms with Crippen molar-refractivity contribution < 1.29 is 13.2 Å². The Balaban J connectivity index is 2.38. The largest absolute Gasteiger partial charge is 0.280 e. The number of nitrogens with zero attached hydrogens (tertiary/aromatic N) is 2. The lowest BCUT2D eigenvalue weighted by molar-refractivity contribution is 0.454. The normalized spacial score (nSPS) is 10.9. The van der Waals surface area contributed by atoms with E-state index in [2.05, 4.69) is 9.97 Å². The molecule has 7 heteroatoms. The van der Waals surface area contributed by atoms with Crippen LogP contribution in [0.5, 0.6) is 0 Å². The summed E-state index contributed by atoms with van der Waals surface area (Å²) in [5, 5.41) is -0.140. The second-order valence-corrected chi connectivity index (χ2v) is 4.90. The van der Waals surface area contributed by atoms with Gasteiger partial charge < -0.3 is 0 Å². The van der Waals surface area contributed by atoms with Crippen LogP contribution in [0.25, 0.3) is 20.8 Å². The number of benzene rings is 1. The van der Waals surface area contributed by atoms with Gasteiger partial charge in [-0.15, -0.1) is 11.3 Å². The zero-order valence-electron chi connectivity index (χ0n) is 9.73. The molecule has 0 bridgehead atoms. The summed E-state index contributed by atoms with van der Waals surface area (Å²) in [7, 11) is 0. The number of rotatable bonds is 1. The summed E-state index contributed by atoms with van der Waals surface area (Å²) in [6.07, 6.45) is 1.49. The number of fused-ring (bicyclic) bond motifs is 1. The Morgan fingerprint density at radius 3 is 2.60 bits per heavy atom. The first-order chi connectivity index (χ1) is 9.58. The summed E-state index contributed by atoms with van der Waals surface area (Å²) >= 11 is 0.748. The first-order valence-electron chi connectivity index (χ1n) is 5.47. The lowest BCUT2D eigenvalue weighted by atomic mass is 10.2. The van der Waals surface area contributed by atoms with Crippen LogP contribution in [0.1, 0.15) is 0 Å². The third-order valence-electron chi connectivity index (χ3n) is 2.63. The van der Waals surface area contributed by atoms with Crippen molar-refractivity contribution in [2.75, 3.05) is 0 Å². The Morgan fingerprint density at radius 1 is 1.10 bits per heavy atom. The second kappa shape index (κ2) is 4.68. The van der Waals surface area contributed by atoms with E-state index in [1.807, 2.05) is 0 Å². The topological polar surface area (TPSA) is 42.9 Å². The Bertz CT molecular complexity index is 865. The Morgan fingerprint density at radius 2 is 1.90 bits per heavy atom. The molecule has 0 radical (unpaired) electrons. The maximum absolute atomic E-state index is 13.7. The predicted molar refractivity (Wildman–Crippen MR) is 69.0 cm³/mol. The summed E-state index contributed by atoms with van der Waals surface area (Å²) in [6.45, 7) is 0. The van der Waals surface area contributed by atoms with Crippen LogP contribution in [-0.2, 0) is 0 Å². The van der Waals surface area contributed by atoms with E-state index in [0.717, 1.165) is 11.3 Å². The Kier molecular flexibility index (Phi) is 2.98. The summed E-state index contributed by atoms with van der Waals surface area (Å²) < 4.78 is 39.8. The van der Waals surface area contributed by atoms with Crippen molar-refractivity contribution in [2.45, 2.75) is 0 Å². The fourth-order valence-corrected chi connectivity index (χ4v) is 2.69. The van der Waals surface area contributed by atoms with Crippen LogP contribution in [0.4, 0.5) is 13.2 Å². The van der Waals surface area contributed by atoms with Crippen molar-refractivity contribution in [3.05, 3.63) is 58.3 Å². The van der Waals surface area contributed by atoms with Crippen LogP contribution in [0.2, 0.25) is 0 Å². The zero-order valence-corrected chi connectivity index (χ0v) is 10.5. The monoisotopic (exact) mass is 294 g/mol. The van der Waals surface area contributed by atoms with Gasteiger partial charge in [-0.2, -0.15) is 4.98 Å². The molecular weight excluding hydrogens is 289 g/mol. The fraction of sp³-hybridized carbons (Fsp3) is 0. The summed E-state index contributed by atoms with van der Waals surface area (Å²) in [5.74, 6) is -4.40. The molecule has 0 fully saturated rings. The van der Waals surface area contributed by atoms with Gasteiger partial charge in [0, 0.05) is 6.20 Å². The van der Waals surface area contributed by atoms with Gasteiger partial charge >= 0.3 is 0 Å². The SMILES string of the molecule is O=c1nc(-c2ccccn2)sc2c(F)c(F)c(F)cc12. The number of hydrogen-bond donors (Lipinski definition) is 0. The first kappa shape index (κ1) is 12.7. The van der Waals surface area contributed by atoms with E-state index in [4.69, 9.17) is 0 Å². The molecule has 0 aliphatic rings. The van der Waals surface area contributed by atoms with Gasteiger partial charge in [-0.05, 0) is 18.2 Å². The van der Waals surface area contributed by atoms with E-state index in [9.17, 15) is 18.0 Å². The van der Waals surface area contributed by atoms with Crippen LogP contribution in [0, 0.1) is 17.5 Å². The molecule has 2 aromatic heterocycles. The molecule has 0 N–H and O–H groups in total. The quantitative estimate of drug-likeness (QED) is 0.648. The molecular formula is C13H5F3N2OS. The molecule has 0 saturated heterocycles. The van der Waals surface area contributed by atoms with Crippen LogP contribution < -0.4 is 5.56 Å². The van der Waals surface area contributed by atoms with E-state index < -0.39 is 23.0 Å². The third kappa shape index (κ3) is 1.96. The number of hydrogen-bond acceptors (Lipinski definition) is 4. The summed E-state index contributed by atoms with van der Waals surface area (Å²) in [4.78, 5) is 19.5. The van der Waals surface area contributed by atoms with Crippen molar-refractivity contribution in [3.8, 4) is 10.7 Å². The number of halogens is 3. The van der Waals surface area contributed by atoms with E-state index in [-0.39, 0.29) is 15.1 Å². The minimum absolute atomic E-state index is 0.146. The van der Waals surface area contributed by atoms with Crippen molar-refractivity contribution >= 4 is 21.4 Å². The predicted octanol–water partition coefficient (Wildman–Crippen LogP) is 3.14. The van der Waals surface area contributed by atoms with Crippen LogP contribution in [0.15, 0.2) is 35.3 Å². The van der Waals surface area contributed by atoms with Crippen LogP contribution in [0.3, 0.4) is 0 Å². The van der Waals surface area contributed by atoms with E-state index in [0.29, 0.717) is 11.8 Å². The van der Waals surface area contributed by atoms with Gasteiger partial charge in [0.2, 0.25) is 0 Å². The molecule has 100 valence electrons. The molecule has 1 aromatic carbocycles. The molecule has 0 amide bonds. The van der Waals surface area contributed by atoms with Crippen molar-refractivity contribution in [2.24, 2.45) is 0 Å². The molecule has 0 aliphatic carbocycles. The highest BCUT2D eigenvalue weighted by Gasteiger charge is 2.18. The maximum atomic E-state index is 13.7. The highest BCUT2D eigenvalue weighted by molar-refractivity contribution is 7.21. The van der Waals surface area contributed by atoms with Crippen molar-refractivity contribution in [1.29, 1.82) is 0 Å². The minimum atomic E-state index is -1.61. The van der Waals surface area contributed by atoms with E-state index in [1.165, 1.54) is 6.20 Å². The molecule has 2 heterocycles. The van der Waals surface area contributed by atoms with E-state index >= 15 is 0 Å². The van der Waals surface area contributed by atoms with Crippen LogP contribution in [-0.4, -0.2) is 9.97 Å². The molecule has 0 atom stereocenters. The zero-order chi connectivity index (χ0) is 14.3. The molecule has 20 heavy (non-hydrogen) atoms.